The van der Waals surface area contributed by atoms with E-state index in [4.69, 9.17) is 4.74 Å². The number of benzene rings is 1. The van der Waals surface area contributed by atoms with Crippen LogP contribution in [0.4, 0.5) is 0 Å². The number of pyridine rings is 1. The van der Waals surface area contributed by atoms with Crippen molar-refractivity contribution in [3.63, 3.8) is 0 Å². The summed E-state index contributed by atoms with van der Waals surface area (Å²) in [4.78, 5) is 29.6. The SMILES string of the molecule is O=C(CCCOc1ccc2[nH]c(=O)ccc2c1)N(C1CCCCC1)C1CCCC1. The van der Waals surface area contributed by atoms with Crippen LogP contribution < -0.4 is 10.3 Å². The number of nitrogens with zero attached hydrogens (tertiary/aromatic N) is 1. The minimum Gasteiger partial charge on any atom is -0.494 e. The molecule has 0 atom stereocenters. The van der Waals surface area contributed by atoms with Crippen molar-refractivity contribution in [1.82, 2.24) is 9.88 Å². The molecule has 1 aromatic carbocycles. The number of rotatable bonds is 7. The smallest absolute Gasteiger partial charge is 0.248 e. The largest absolute Gasteiger partial charge is 0.494 e. The van der Waals surface area contributed by atoms with Gasteiger partial charge in [-0.05, 0) is 56.4 Å². The van der Waals surface area contributed by atoms with Gasteiger partial charge < -0.3 is 14.6 Å². The lowest BCUT2D eigenvalue weighted by molar-refractivity contribution is -0.137. The van der Waals surface area contributed by atoms with E-state index < -0.39 is 0 Å². The Balaban J connectivity index is 1.30. The number of hydrogen-bond acceptors (Lipinski definition) is 3. The first-order chi connectivity index (χ1) is 14.2. The van der Waals surface area contributed by atoms with E-state index >= 15 is 0 Å². The summed E-state index contributed by atoms with van der Waals surface area (Å²) in [6.45, 7) is 0.532. The fraction of sp³-hybridized carbons (Fsp3) is 0.583. The van der Waals surface area contributed by atoms with Crippen LogP contribution in [0, 0.1) is 0 Å². The van der Waals surface area contributed by atoms with Crippen LogP contribution in [0.15, 0.2) is 35.1 Å². The maximum Gasteiger partial charge on any atom is 0.248 e. The van der Waals surface area contributed by atoms with Crippen molar-refractivity contribution in [2.24, 2.45) is 0 Å². The van der Waals surface area contributed by atoms with E-state index in [0.717, 1.165) is 23.1 Å². The molecule has 5 heteroatoms. The second-order valence-electron chi connectivity index (χ2n) is 8.55. The molecule has 0 saturated heterocycles. The Kier molecular flexibility index (Phi) is 6.53. The Morgan fingerprint density at radius 1 is 0.966 bits per heavy atom. The van der Waals surface area contributed by atoms with Crippen LogP contribution in [0.25, 0.3) is 10.9 Å². The summed E-state index contributed by atoms with van der Waals surface area (Å²) in [5.41, 5.74) is 0.703. The zero-order valence-corrected chi connectivity index (χ0v) is 17.2. The molecule has 0 aliphatic heterocycles. The van der Waals surface area contributed by atoms with Gasteiger partial charge in [-0.3, -0.25) is 9.59 Å². The summed E-state index contributed by atoms with van der Waals surface area (Å²) < 4.78 is 5.88. The number of aromatic amines is 1. The summed E-state index contributed by atoms with van der Waals surface area (Å²) in [7, 11) is 0. The number of H-pyrrole nitrogens is 1. The van der Waals surface area contributed by atoms with E-state index in [-0.39, 0.29) is 5.56 Å². The van der Waals surface area contributed by atoms with Gasteiger partial charge in [0, 0.05) is 35.5 Å². The molecule has 2 aromatic rings. The van der Waals surface area contributed by atoms with Gasteiger partial charge in [0.25, 0.3) is 0 Å². The quantitative estimate of drug-likeness (QED) is 0.685. The molecule has 0 radical (unpaired) electrons. The van der Waals surface area contributed by atoms with Crippen molar-refractivity contribution in [3.8, 4) is 5.75 Å². The highest BCUT2D eigenvalue weighted by Crippen LogP contribution is 2.31. The topological polar surface area (TPSA) is 62.4 Å². The minimum atomic E-state index is -0.102. The fourth-order valence-electron chi connectivity index (χ4n) is 5.01. The molecule has 0 unspecified atom stereocenters. The average Bonchev–Trinajstić information content (AvgIpc) is 3.26. The van der Waals surface area contributed by atoms with Crippen LogP contribution in [0.5, 0.6) is 5.75 Å². The summed E-state index contributed by atoms with van der Waals surface area (Å²) in [6.07, 6.45) is 12.4. The monoisotopic (exact) mass is 396 g/mol. The minimum absolute atomic E-state index is 0.102. The van der Waals surface area contributed by atoms with E-state index in [9.17, 15) is 9.59 Å². The van der Waals surface area contributed by atoms with Gasteiger partial charge >= 0.3 is 0 Å². The van der Waals surface area contributed by atoms with Crippen molar-refractivity contribution in [2.75, 3.05) is 6.61 Å². The Hall–Kier alpha value is -2.30. The molecular weight excluding hydrogens is 364 g/mol. The summed E-state index contributed by atoms with van der Waals surface area (Å²) in [6, 6.07) is 9.91. The maximum atomic E-state index is 13.1. The van der Waals surface area contributed by atoms with Crippen molar-refractivity contribution in [3.05, 3.63) is 40.7 Å². The van der Waals surface area contributed by atoms with Gasteiger partial charge in [0.15, 0.2) is 0 Å². The van der Waals surface area contributed by atoms with Crippen molar-refractivity contribution in [2.45, 2.75) is 82.7 Å². The van der Waals surface area contributed by atoms with Crippen molar-refractivity contribution >= 4 is 16.8 Å². The van der Waals surface area contributed by atoms with E-state index in [2.05, 4.69) is 9.88 Å². The highest BCUT2D eigenvalue weighted by Gasteiger charge is 2.32. The third kappa shape index (κ3) is 5.01. The molecule has 1 amide bonds. The molecule has 5 nitrogen and oxygen atoms in total. The Morgan fingerprint density at radius 2 is 1.66 bits per heavy atom. The number of carbonyl (C=O) groups excluding carboxylic acids is 1. The predicted octanol–water partition coefficient (Wildman–Crippen LogP) is 4.79. The normalized spacial score (nSPS) is 18.2. The molecule has 0 spiro atoms. The Bertz CT molecular complexity index is 879. The van der Waals surface area contributed by atoms with Gasteiger partial charge in [0.2, 0.25) is 11.5 Å². The summed E-state index contributed by atoms with van der Waals surface area (Å²) in [5.74, 6) is 1.10. The molecule has 2 fully saturated rings. The van der Waals surface area contributed by atoms with Crippen LogP contribution in [-0.2, 0) is 4.79 Å². The summed E-state index contributed by atoms with van der Waals surface area (Å²) >= 11 is 0. The number of carbonyl (C=O) groups is 1. The van der Waals surface area contributed by atoms with Crippen LogP contribution in [0.1, 0.15) is 70.6 Å². The summed E-state index contributed by atoms with van der Waals surface area (Å²) in [5, 5.41) is 0.947. The first-order valence-electron chi connectivity index (χ1n) is 11.3. The highest BCUT2D eigenvalue weighted by atomic mass is 16.5. The second-order valence-corrected chi connectivity index (χ2v) is 8.55. The van der Waals surface area contributed by atoms with Crippen molar-refractivity contribution < 1.29 is 9.53 Å². The number of fused-ring (bicyclic) bond motifs is 1. The first-order valence-corrected chi connectivity index (χ1v) is 11.3. The molecule has 2 aliphatic carbocycles. The number of ether oxygens (including phenoxy) is 1. The van der Waals surface area contributed by atoms with E-state index in [1.54, 1.807) is 6.07 Å². The average molecular weight is 397 g/mol. The van der Waals surface area contributed by atoms with Gasteiger partial charge in [-0.25, -0.2) is 0 Å². The fourth-order valence-corrected chi connectivity index (χ4v) is 5.01. The molecule has 2 aliphatic rings. The van der Waals surface area contributed by atoms with Crippen molar-refractivity contribution in [1.29, 1.82) is 0 Å². The number of amides is 1. The first kappa shape index (κ1) is 20.0. The molecule has 1 aromatic heterocycles. The zero-order valence-electron chi connectivity index (χ0n) is 17.2. The molecule has 1 N–H and O–H groups in total. The molecule has 4 rings (SSSR count). The number of hydrogen-bond donors (Lipinski definition) is 1. The van der Waals surface area contributed by atoms with Crippen LogP contribution >= 0.6 is 0 Å². The van der Waals surface area contributed by atoms with E-state index in [1.165, 1.54) is 63.9 Å². The van der Waals surface area contributed by atoms with Crippen LogP contribution in [0.3, 0.4) is 0 Å². The van der Waals surface area contributed by atoms with E-state index in [1.807, 2.05) is 18.2 Å². The van der Waals surface area contributed by atoms with Gasteiger partial charge in [-0.1, -0.05) is 32.1 Å². The number of nitrogens with one attached hydrogen (secondary N) is 1. The molecular formula is C24H32N2O3. The molecule has 2 saturated carbocycles. The third-order valence-corrected chi connectivity index (χ3v) is 6.47. The highest BCUT2D eigenvalue weighted by molar-refractivity contribution is 5.79. The lowest BCUT2D eigenvalue weighted by Crippen LogP contribution is -2.47. The molecule has 0 bridgehead atoms. The number of aromatic nitrogens is 1. The lowest BCUT2D eigenvalue weighted by Gasteiger charge is -2.39. The van der Waals surface area contributed by atoms with Crippen LogP contribution in [-0.4, -0.2) is 34.5 Å². The second kappa shape index (κ2) is 9.47. The van der Waals surface area contributed by atoms with Crippen LogP contribution in [0.2, 0.25) is 0 Å². The predicted molar refractivity (Wildman–Crippen MR) is 115 cm³/mol. The Morgan fingerprint density at radius 3 is 2.38 bits per heavy atom. The van der Waals surface area contributed by atoms with Gasteiger partial charge in [-0.15, -0.1) is 0 Å². The molecule has 1 heterocycles. The lowest BCUT2D eigenvalue weighted by atomic mass is 9.92. The van der Waals surface area contributed by atoms with Gasteiger partial charge in [0.1, 0.15) is 5.75 Å². The van der Waals surface area contributed by atoms with Gasteiger partial charge in [-0.2, -0.15) is 0 Å². The van der Waals surface area contributed by atoms with E-state index in [0.29, 0.717) is 31.0 Å². The maximum absolute atomic E-state index is 13.1. The zero-order chi connectivity index (χ0) is 20.1. The van der Waals surface area contributed by atoms with Gasteiger partial charge in [0.05, 0.1) is 6.61 Å². The standard InChI is InChI=1S/C24H32N2O3/c27-23-15-12-18-17-21(13-14-22(18)25-23)29-16-6-11-24(28)26(20-9-4-5-10-20)19-7-2-1-3-8-19/h12-15,17,19-20H,1-11,16H2,(H,25,27). The molecule has 29 heavy (non-hydrogen) atoms. The Labute approximate surface area is 172 Å². The molecule has 156 valence electrons. The third-order valence-electron chi connectivity index (χ3n) is 6.47.